The summed E-state index contributed by atoms with van der Waals surface area (Å²) in [6.45, 7) is 9.15. The van der Waals surface area contributed by atoms with Crippen molar-refractivity contribution in [2.24, 2.45) is 24.2 Å². The van der Waals surface area contributed by atoms with Crippen LogP contribution < -0.4 is 11.3 Å². The minimum absolute atomic E-state index is 0.337. The molecule has 3 N–H and O–H groups in total. The van der Waals surface area contributed by atoms with Gasteiger partial charge >= 0.3 is 0 Å². The fraction of sp³-hybridized carbons (Fsp3) is 0.786. The Bertz CT molecular complexity index is 351. The molecule has 0 aliphatic rings. The van der Waals surface area contributed by atoms with Crippen LogP contribution in [0.3, 0.4) is 0 Å². The summed E-state index contributed by atoms with van der Waals surface area (Å²) >= 11 is 0. The van der Waals surface area contributed by atoms with Gasteiger partial charge in [-0.05, 0) is 36.2 Å². The van der Waals surface area contributed by atoms with Crippen molar-refractivity contribution in [2.75, 3.05) is 0 Å². The molecular formula is C14H28N4. The van der Waals surface area contributed by atoms with Gasteiger partial charge in [0.1, 0.15) is 0 Å². The minimum Gasteiger partial charge on any atom is -0.276 e. The molecule has 0 aromatic carbocycles. The van der Waals surface area contributed by atoms with E-state index in [4.69, 9.17) is 5.84 Å². The van der Waals surface area contributed by atoms with Gasteiger partial charge in [0, 0.05) is 19.3 Å². The maximum atomic E-state index is 5.66. The highest BCUT2D eigenvalue weighted by Crippen LogP contribution is 2.29. The van der Waals surface area contributed by atoms with Crippen molar-refractivity contribution >= 4 is 0 Å². The summed E-state index contributed by atoms with van der Waals surface area (Å²) in [5, 5.41) is 4.19. The molecular weight excluding hydrogens is 224 g/mol. The van der Waals surface area contributed by atoms with Gasteiger partial charge in [-0.25, -0.2) is 0 Å². The number of nitrogens with two attached hydrogens (primary N) is 1. The molecule has 0 aliphatic carbocycles. The first kappa shape index (κ1) is 15.2. The van der Waals surface area contributed by atoms with E-state index in [0.29, 0.717) is 17.4 Å². The second-order valence-electron chi connectivity index (χ2n) is 6.43. The number of aryl methyl sites for hydroxylation is 2. The van der Waals surface area contributed by atoms with Crippen LogP contribution in [0.25, 0.3) is 0 Å². The lowest BCUT2D eigenvalue weighted by atomic mass is 9.78. The van der Waals surface area contributed by atoms with E-state index in [1.807, 2.05) is 17.9 Å². The second kappa shape index (κ2) is 6.34. The van der Waals surface area contributed by atoms with Gasteiger partial charge in [-0.3, -0.25) is 16.0 Å². The molecule has 4 heteroatoms. The zero-order valence-electron chi connectivity index (χ0n) is 12.4. The highest BCUT2D eigenvalue weighted by molar-refractivity contribution is 5.04. The quantitative estimate of drug-likeness (QED) is 0.603. The van der Waals surface area contributed by atoms with Crippen LogP contribution in [0, 0.1) is 11.3 Å². The molecule has 0 saturated heterocycles. The molecule has 1 aromatic rings. The van der Waals surface area contributed by atoms with Crippen molar-refractivity contribution in [1.29, 1.82) is 0 Å². The molecule has 18 heavy (non-hydrogen) atoms. The fourth-order valence-electron chi connectivity index (χ4n) is 1.99. The number of nitrogens with one attached hydrogen (secondary N) is 1. The van der Waals surface area contributed by atoms with Crippen molar-refractivity contribution in [3.05, 3.63) is 18.0 Å². The van der Waals surface area contributed by atoms with Crippen LogP contribution in [0.4, 0.5) is 0 Å². The lowest BCUT2D eigenvalue weighted by Crippen LogP contribution is -2.38. The molecule has 1 aromatic heterocycles. The van der Waals surface area contributed by atoms with Gasteiger partial charge in [0.05, 0.1) is 6.20 Å². The molecule has 0 bridgehead atoms. The van der Waals surface area contributed by atoms with Crippen LogP contribution in [0.2, 0.25) is 0 Å². The average Bonchev–Trinajstić information content (AvgIpc) is 2.68. The maximum Gasteiger partial charge on any atom is 0.0521 e. The summed E-state index contributed by atoms with van der Waals surface area (Å²) in [4.78, 5) is 0. The third-order valence-electron chi connectivity index (χ3n) is 3.89. The topological polar surface area (TPSA) is 55.9 Å². The summed E-state index contributed by atoms with van der Waals surface area (Å²) < 4.78 is 1.85. The molecule has 2 atom stereocenters. The molecule has 0 radical (unpaired) electrons. The van der Waals surface area contributed by atoms with E-state index >= 15 is 0 Å². The van der Waals surface area contributed by atoms with Gasteiger partial charge < -0.3 is 0 Å². The Balaban J connectivity index is 2.42. The SMILES string of the molecule is CC(CC(CCc1cnn(C)c1)NN)C(C)(C)C. The summed E-state index contributed by atoms with van der Waals surface area (Å²) in [5.74, 6) is 6.31. The third kappa shape index (κ3) is 4.78. The standard InChI is InChI=1S/C14H28N4/c1-11(14(2,3)4)8-13(17-15)7-6-12-9-16-18(5)10-12/h9-11,13,17H,6-8,15H2,1-5H3. The lowest BCUT2D eigenvalue weighted by molar-refractivity contribution is 0.219. The van der Waals surface area contributed by atoms with E-state index in [9.17, 15) is 0 Å². The van der Waals surface area contributed by atoms with Crippen LogP contribution in [0.5, 0.6) is 0 Å². The van der Waals surface area contributed by atoms with Crippen LogP contribution in [-0.4, -0.2) is 15.8 Å². The number of hydrogen-bond donors (Lipinski definition) is 2. The molecule has 2 unspecified atom stereocenters. The van der Waals surface area contributed by atoms with Crippen LogP contribution >= 0.6 is 0 Å². The van der Waals surface area contributed by atoms with Gasteiger partial charge in [0.25, 0.3) is 0 Å². The smallest absolute Gasteiger partial charge is 0.0521 e. The van der Waals surface area contributed by atoms with Crippen LogP contribution in [0.1, 0.15) is 46.1 Å². The Labute approximate surface area is 111 Å². The van der Waals surface area contributed by atoms with E-state index in [2.05, 4.69) is 44.4 Å². The zero-order chi connectivity index (χ0) is 13.8. The molecule has 104 valence electrons. The van der Waals surface area contributed by atoms with Crippen molar-refractivity contribution in [3.8, 4) is 0 Å². The number of aromatic nitrogens is 2. The van der Waals surface area contributed by atoms with Crippen molar-refractivity contribution in [1.82, 2.24) is 15.2 Å². The fourth-order valence-corrected chi connectivity index (χ4v) is 1.99. The molecule has 1 heterocycles. The van der Waals surface area contributed by atoms with Crippen molar-refractivity contribution < 1.29 is 0 Å². The lowest BCUT2D eigenvalue weighted by Gasteiger charge is -2.30. The van der Waals surface area contributed by atoms with Crippen molar-refractivity contribution in [3.63, 3.8) is 0 Å². The zero-order valence-corrected chi connectivity index (χ0v) is 12.4. The van der Waals surface area contributed by atoms with Crippen LogP contribution in [0.15, 0.2) is 12.4 Å². The van der Waals surface area contributed by atoms with Gasteiger partial charge in [-0.2, -0.15) is 5.10 Å². The highest BCUT2D eigenvalue weighted by Gasteiger charge is 2.23. The highest BCUT2D eigenvalue weighted by atomic mass is 15.2. The normalized spacial score (nSPS) is 15.7. The average molecular weight is 252 g/mol. The van der Waals surface area contributed by atoms with E-state index in [1.54, 1.807) is 0 Å². The Morgan fingerprint density at radius 2 is 2.11 bits per heavy atom. The van der Waals surface area contributed by atoms with Gasteiger partial charge in [-0.1, -0.05) is 27.7 Å². The Morgan fingerprint density at radius 3 is 2.56 bits per heavy atom. The first-order chi connectivity index (χ1) is 8.32. The van der Waals surface area contributed by atoms with Crippen LogP contribution in [-0.2, 0) is 13.5 Å². The molecule has 0 spiro atoms. The number of hydrogen-bond acceptors (Lipinski definition) is 3. The predicted molar refractivity (Wildman–Crippen MR) is 75.9 cm³/mol. The van der Waals surface area contributed by atoms with Crippen molar-refractivity contribution in [2.45, 2.75) is 53.0 Å². The second-order valence-corrected chi connectivity index (χ2v) is 6.43. The third-order valence-corrected chi connectivity index (χ3v) is 3.89. The summed E-state index contributed by atoms with van der Waals surface area (Å²) in [6.07, 6.45) is 7.20. The molecule has 0 saturated carbocycles. The largest absolute Gasteiger partial charge is 0.276 e. The van der Waals surface area contributed by atoms with Gasteiger partial charge in [0.2, 0.25) is 0 Å². The minimum atomic E-state index is 0.337. The van der Waals surface area contributed by atoms with E-state index in [1.165, 1.54) is 5.56 Å². The van der Waals surface area contributed by atoms with Gasteiger partial charge in [0.15, 0.2) is 0 Å². The summed E-state index contributed by atoms with van der Waals surface area (Å²) in [6, 6.07) is 0.374. The molecule has 0 fully saturated rings. The number of rotatable bonds is 6. The Morgan fingerprint density at radius 1 is 1.44 bits per heavy atom. The summed E-state index contributed by atoms with van der Waals surface area (Å²) in [5.41, 5.74) is 4.57. The summed E-state index contributed by atoms with van der Waals surface area (Å²) in [7, 11) is 1.95. The molecule has 4 nitrogen and oxygen atoms in total. The predicted octanol–water partition coefficient (Wildman–Crippen LogP) is 2.26. The number of hydrazine groups is 1. The van der Waals surface area contributed by atoms with E-state index in [0.717, 1.165) is 19.3 Å². The first-order valence-electron chi connectivity index (χ1n) is 6.76. The van der Waals surface area contributed by atoms with E-state index in [-0.39, 0.29) is 0 Å². The van der Waals surface area contributed by atoms with Gasteiger partial charge in [-0.15, -0.1) is 0 Å². The maximum absolute atomic E-state index is 5.66. The Kier molecular flexibility index (Phi) is 5.35. The molecule has 0 amide bonds. The Hall–Kier alpha value is -0.870. The van der Waals surface area contributed by atoms with E-state index < -0.39 is 0 Å². The molecule has 1 rings (SSSR count). The first-order valence-corrected chi connectivity index (χ1v) is 6.76. The molecule has 0 aliphatic heterocycles. The monoisotopic (exact) mass is 252 g/mol. The number of nitrogens with zero attached hydrogens (tertiary/aromatic N) is 2.